The molecule has 9 heteroatoms. The summed E-state index contributed by atoms with van der Waals surface area (Å²) >= 11 is 0. The standard InChI is InChI=1S/C14H26F5NO2S/c1-5-6-8-20(9-7-12(4)11(2)3)23(21,22)10-13(15,16)14(17,18)19/h11-12H,5-10H2,1-4H3. The monoisotopic (exact) mass is 367 g/mol. The van der Waals surface area contributed by atoms with Gasteiger partial charge in [-0.1, -0.05) is 34.1 Å². The lowest BCUT2D eigenvalue weighted by Gasteiger charge is -2.27. The maximum absolute atomic E-state index is 13.1. The second-order valence-corrected chi connectivity index (χ2v) is 8.19. The molecule has 0 aliphatic carbocycles. The van der Waals surface area contributed by atoms with Crippen LogP contribution in [0.3, 0.4) is 0 Å². The van der Waals surface area contributed by atoms with Crippen molar-refractivity contribution < 1.29 is 30.4 Å². The molecule has 3 nitrogen and oxygen atoms in total. The van der Waals surface area contributed by atoms with Crippen LogP contribution in [0.5, 0.6) is 0 Å². The summed E-state index contributed by atoms with van der Waals surface area (Å²) in [7, 11) is -4.69. The summed E-state index contributed by atoms with van der Waals surface area (Å²) < 4.78 is 87.8. The molecule has 140 valence electrons. The molecule has 0 fully saturated rings. The zero-order valence-electron chi connectivity index (χ0n) is 14.0. The van der Waals surface area contributed by atoms with Crippen LogP contribution in [0, 0.1) is 11.8 Å². The van der Waals surface area contributed by atoms with Gasteiger partial charge in [0.05, 0.1) is 0 Å². The van der Waals surface area contributed by atoms with E-state index in [-0.39, 0.29) is 24.9 Å². The Morgan fingerprint density at radius 3 is 1.91 bits per heavy atom. The minimum atomic E-state index is -5.87. The zero-order valence-corrected chi connectivity index (χ0v) is 14.8. The molecule has 0 bridgehead atoms. The molecule has 0 heterocycles. The minimum absolute atomic E-state index is 0.0441. The lowest BCUT2D eigenvalue weighted by molar-refractivity contribution is -0.271. The van der Waals surface area contributed by atoms with Crippen molar-refractivity contribution in [3.05, 3.63) is 0 Å². The average Bonchev–Trinajstić information content (AvgIpc) is 2.35. The first kappa shape index (κ1) is 22.6. The SMILES string of the molecule is CCCCN(CCC(C)C(C)C)S(=O)(=O)CC(F)(F)C(F)(F)F. The molecular formula is C14H26F5NO2S. The van der Waals surface area contributed by atoms with Crippen molar-refractivity contribution in [1.29, 1.82) is 0 Å². The average molecular weight is 367 g/mol. The summed E-state index contributed by atoms with van der Waals surface area (Å²) in [5.74, 6) is -7.08. The van der Waals surface area contributed by atoms with Crippen molar-refractivity contribution in [1.82, 2.24) is 4.31 Å². The third kappa shape index (κ3) is 7.32. The maximum atomic E-state index is 13.1. The Labute approximate surface area is 135 Å². The van der Waals surface area contributed by atoms with Gasteiger partial charge in [0.15, 0.2) is 0 Å². The highest BCUT2D eigenvalue weighted by atomic mass is 32.2. The van der Waals surface area contributed by atoms with Crippen molar-refractivity contribution in [2.75, 3.05) is 18.8 Å². The van der Waals surface area contributed by atoms with Crippen LogP contribution in [-0.4, -0.2) is 43.7 Å². The lowest BCUT2D eigenvalue weighted by atomic mass is 9.95. The highest BCUT2D eigenvalue weighted by molar-refractivity contribution is 7.89. The molecule has 0 aromatic heterocycles. The molecule has 1 unspecified atom stereocenters. The first-order valence-corrected chi connectivity index (χ1v) is 9.28. The van der Waals surface area contributed by atoms with Crippen molar-refractivity contribution >= 4 is 10.0 Å². The van der Waals surface area contributed by atoms with Crippen LogP contribution in [0.1, 0.15) is 47.0 Å². The van der Waals surface area contributed by atoms with Gasteiger partial charge in [-0.2, -0.15) is 22.0 Å². The van der Waals surface area contributed by atoms with Gasteiger partial charge in [0.1, 0.15) is 5.75 Å². The topological polar surface area (TPSA) is 37.4 Å². The van der Waals surface area contributed by atoms with Crippen LogP contribution < -0.4 is 0 Å². The van der Waals surface area contributed by atoms with Crippen LogP contribution in [0.25, 0.3) is 0 Å². The third-order valence-electron chi connectivity index (χ3n) is 3.90. The smallest absolute Gasteiger partial charge is 0.212 e. The van der Waals surface area contributed by atoms with Gasteiger partial charge in [0, 0.05) is 13.1 Å². The minimum Gasteiger partial charge on any atom is -0.212 e. The van der Waals surface area contributed by atoms with E-state index in [1.165, 1.54) is 0 Å². The predicted octanol–water partition coefficient (Wildman–Crippen LogP) is 4.30. The molecular weight excluding hydrogens is 341 g/mol. The lowest BCUT2D eigenvalue weighted by Crippen LogP contribution is -2.47. The van der Waals surface area contributed by atoms with Gasteiger partial charge in [-0.3, -0.25) is 0 Å². The molecule has 0 spiro atoms. The molecule has 23 heavy (non-hydrogen) atoms. The number of sulfonamides is 1. The van der Waals surface area contributed by atoms with Crippen LogP contribution >= 0.6 is 0 Å². The van der Waals surface area contributed by atoms with Crippen molar-refractivity contribution in [2.24, 2.45) is 11.8 Å². The van der Waals surface area contributed by atoms with E-state index in [0.29, 0.717) is 19.3 Å². The van der Waals surface area contributed by atoms with Crippen LogP contribution in [0.4, 0.5) is 22.0 Å². The number of rotatable bonds is 10. The van der Waals surface area contributed by atoms with Crippen molar-refractivity contribution in [3.63, 3.8) is 0 Å². The number of hydrogen-bond acceptors (Lipinski definition) is 2. The molecule has 0 aliphatic rings. The summed E-state index contributed by atoms with van der Waals surface area (Å²) in [6, 6.07) is 0. The fourth-order valence-corrected chi connectivity index (χ4v) is 3.40. The molecule has 0 radical (unpaired) electrons. The summed E-state index contributed by atoms with van der Waals surface area (Å²) in [4.78, 5) is 0. The van der Waals surface area contributed by atoms with E-state index in [4.69, 9.17) is 0 Å². The second kappa shape index (κ2) is 8.60. The number of unbranched alkanes of at least 4 members (excludes halogenated alkanes) is 1. The van der Waals surface area contributed by atoms with Gasteiger partial charge in [-0.05, 0) is 24.7 Å². The Morgan fingerprint density at radius 2 is 1.52 bits per heavy atom. The Balaban J connectivity index is 5.13. The molecule has 0 aliphatic heterocycles. The molecule has 0 N–H and O–H groups in total. The Hall–Kier alpha value is -0.440. The molecule has 0 rings (SSSR count). The van der Waals surface area contributed by atoms with E-state index in [9.17, 15) is 30.4 Å². The van der Waals surface area contributed by atoms with Gasteiger partial charge in [-0.15, -0.1) is 0 Å². The third-order valence-corrected chi connectivity index (χ3v) is 5.78. The molecule has 0 saturated heterocycles. The number of halogens is 5. The van der Waals surface area contributed by atoms with E-state index >= 15 is 0 Å². The Bertz CT molecular complexity index is 449. The summed E-state index contributed by atoms with van der Waals surface area (Å²) in [5.41, 5.74) is 0. The van der Waals surface area contributed by atoms with E-state index in [1.54, 1.807) is 6.92 Å². The van der Waals surface area contributed by atoms with E-state index in [2.05, 4.69) is 0 Å². The maximum Gasteiger partial charge on any atom is 0.454 e. The normalized spacial score (nSPS) is 15.4. The highest BCUT2D eigenvalue weighted by Crippen LogP contribution is 2.37. The van der Waals surface area contributed by atoms with Crippen LogP contribution in [0.15, 0.2) is 0 Å². The molecule has 0 aromatic rings. The van der Waals surface area contributed by atoms with Gasteiger partial charge < -0.3 is 0 Å². The Morgan fingerprint density at radius 1 is 1.00 bits per heavy atom. The van der Waals surface area contributed by atoms with Crippen molar-refractivity contribution in [2.45, 2.75) is 59.1 Å². The molecule has 0 saturated carbocycles. The highest BCUT2D eigenvalue weighted by Gasteiger charge is 2.60. The first-order chi connectivity index (χ1) is 10.2. The molecule has 0 aromatic carbocycles. The van der Waals surface area contributed by atoms with E-state index < -0.39 is 27.9 Å². The number of nitrogens with zero attached hydrogens (tertiary/aromatic N) is 1. The van der Waals surface area contributed by atoms with E-state index in [0.717, 1.165) is 4.31 Å². The zero-order chi connectivity index (χ0) is 18.5. The Kier molecular flexibility index (Phi) is 8.43. The molecule has 0 amide bonds. The number of hydrogen-bond donors (Lipinski definition) is 0. The first-order valence-electron chi connectivity index (χ1n) is 7.67. The van der Waals surface area contributed by atoms with Gasteiger partial charge >= 0.3 is 12.1 Å². The quantitative estimate of drug-likeness (QED) is 0.540. The second-order valence-electron chi connectivity index (χ2n) is 6.22. The van der Waals surface area contributed by atoms with E-state index in [1.807, 2.05) is 20.8 Å². The number of alkyl halides is 5. The van der Waals surface area contributed by atoms with Crippen LogP contribution in [0.2, 0.25) is 0 Å². The van der Waals surface area contributed by atoms with Crippen LogP contribution in [-0.2, 0) is 10.0 Å². The summed E-state index contributed by atoms with van der Waals surface area (Å²) in [5, 5.41) is 0. The van der Waals surface area contributed by atoms with Crippen molar-refractivity contribution in [3.8, 4) is 0 Å². The summed E-state index contributed by atoms with van der Waals surface area (Å²) in [6.07, 6.45) is -4.44. The van der Waals surface area contributed by atoms with Gasteiger partial charge in [0.2, 0.25) is 10.0 Å². The molecule has 1 atom stereocenters. The fraction of sp³-hybridized carbons (Fsp3) is 1.00. The predicted molar refractivity (Wildman–Crippen MR) is 79.9 cm³/mol. The fourth-order valence-electron chi connectivity index (χ4n) is 1.81. The van der Waals surface area contributed by atoms with Gasteiger partial charge in [0.25, 0.3) is 0 Å². The van der Waals surface area contributed by atoms with Gasteiger partial charge in [-0.25, -0.2) is 12.7 Å². The largest absolute Gasteiger partial charge is 0.454 e. The summed E-state index contributed by atoms with van der Waals surface area (Å²) in [6.45, 7) is 7.46.